The Labute approximate surface area is 82.2 Å². The quantitative estimate of drug-likeness (QED) is 0.683. The van der Waals surface area contributed by atoms with E-state index in [1.165, 1.54) is 5.06 Å². The Bertz CT molecular complexity index is 365. The van der Waals surface area contributed by atoms with E-state index in [1.807, 2.05) is 6.92 Å². The lowest BCUT2D eigenvalue weighted by molar-refractivity contribution is -0.119. The fourth-order valence-electron chi connectivity index (χ4n) is 1.46. The highest BCUT2D eigenvalue weighted by atomic mass is 16.7. The van der Waals surface area contributed by atoms with Gasteiger partial charge in [0.25, 0.3) is 5.91 Å². The third kappa shape index (κ3) is 1.56. The smallest absolute Gasteiger partial charge is 0.253 e. The lowest BCUT2D eigenvalue weighted by Gasteiger charge is -2.15. The van der Waals surface area contributed by atoms with Crippen LogP contribution < -0.4 is 10.8 Å². The molecule has 1 unspecified atom stereocenters. The van der Waals surface area contributed by atoms with Crippen LogP contribution in [0.15, 0.2) is 24.3 Å². The van der Waals surface area contributed by atoms with E-state index in [0.717, 1.165) is 0 Å². The molecule has 4 nitrogen and oxygen atoms in total. The molecule has 0 saturated carbocycles. The second-order valence-corrected chi connectivity index (χ2v) is 3.40. The zero-order valence-corrected chi connectivity index (χ0v) is 7.93. The first kappa shape index (κ1) is 9.02. The van der Waals surface area contributed by atoms with Gasteiger partial charge < -0.3 is 5.73 Å². The summed E-state index contributed by atoms with van der Waals surface area (Å²) in [6.45, 7) is 1.87. The van der Waals surface area contributed by atoms with E-state index in [2.05, 4.69) is 0 Å². The Kier molecular flexibility index (Phi) is 2.13. The zero-order valence-electron chi connectivity index (χ0n) is 7.93. The Balaban J connectivity index is 2.27. The van der Waals surface area contributed by atoms with Gasteiger partial charge in [-0.3, -0.25) is 9.63 Å². The average Bonchev–Trinajstić information content (AvgIpc) is 2.45. The molecule has 0 spiro atoms. The summed E-state index contributed by atoms with van der Waals surface area (Å²) in [6.07, 6.45) is 0.373. The van der Waals surface area contributed by atoms with Gasteiger partial charge in [-0.05, 0) is 25.1 Å². The van der Waals surface area contributed by atoms with Crippen molar-refractivity contribution in [3.8, 4) is 0 Å². The highest BCUT2D eigenvalue weighted by Crippen LogP contribution is 2.24. The normalized spacial score (nSPS) is 21.6. The molecule has 0 radical (unpaired) electrons. The van der Waals surface area contributed by atoms with Crippen LogP contribution in [0.4, 0.5) is 11.4 Å². The van der Waals surface area contributed by atoms with Crippen LogP contribution >= 0.6 is 0 Å². The summed E-state index contributed by atoms with van der Waals surface area (Å²) in [5.41, 5.74) is 6.93. The van der Waals surface area contributed by atoms with E-state index in [9.17, 15) is 4.79 Å². The lowest BCUT2D eigenvalue weighted by atomic mass is 10.2. The van der Waals surface area contributed by atoms with Crippen LogP contribution in [0.25, 0.3) is 0 Å². The van der Waals surface area contributed by atoms with Crippen molar-refractivity contribution in [3.05, 3.63) is 24.3 Å². The minimum absolute atomic E-state index is 0.0249. The second kappa shape index (κ2) is 3.31. The number of nitrogens with two attached hydrogens (primary N) is 1. The first-order chi connectivity index (χ1) is 6.66. The molecule has 1 fully saturated rings. The van der Waals surface area contributed by atoms with Crippen LogP contribution in [0, 0.1) is 0 Å². The molecule has 1 amide bonds. The number of benzene rings is 1. The molecular weight excluding hydrogens is 180 g/mol. The zero-order chi connectivity index (χ0) is 10.1. The lowest BCUT2D eigenvalue weighted by Crippen LogP contribution is -2.22. The van der Waals surface area contributed by atoms with Crippen LogP contribution in [0.2, 0.25) is 0 Å². The number of hydrogen-bond donors (Lipinski definition) is 1. The fourth-order valence-corrected chi connectivity index (χ4v) is 1.46. The van der Waals surface area contributed by atoms with E-state index >= 15 is 0 Å². The molecule has 4 heteroatoms. The number of carbonyl (C=O) groups excluding carboxylic acids is 1. The van der Waals surface area contributed by atoms with Gasteiger partial charge in [-0.25, -0.2) is 0 Å². The Morgan fingerprint density at radius 3 is 2.93 bits per heavy atom. The Hall–Kier alpha value is -1.55. The third-order valence-corrected chi connectivity index (χ3v) is 2.08. The highest BCUT2D eigenvalue weighted by Gasteiger charge is 2.29. The van der Waals surface area contributed by atoms with E-state index in [-0.39, 0.29) is 12.0 Å². The summed E-state index contributed by atoms with van der Waals surface area (Å²) in [7, 11) is 0. The second-order valence-electron chi connectivity index (χ2n) is 3.40. The summed E-state index contributed by atoms with van der Waals surface area (Å²) in [5.74, 6) is -0.0249. The number of hydrogen-bond acceptors (Lipinski definition) is 3. The fraction of sp³-hybridized carbons (Fsp3) is 0.300. The minimum atomic E-state index is -0.0519. The van der Waals surface area contributed by atoms with Gasteiger partial charge >= 0.3 is 0 Å². The van der Waals surface area contributed by atoms with Crippen molar-refractivity contribution in [2.45, 2.75) is 19.4 Å². The predicted molar refractivity (Wildman–Crippen MR) is 53.5 cm³/mol. The molecule has 0 bridgehead atoms. The number of nitrogens with zero attached hydrogens (tertiary/aromatic N) is 1. The minimum Gasteiger partial charge on any atom is -0.399 e. The topological polar surface area (TPSA) is 55.6 Å². The van der Waals surface area contributed by atoms with Crippen LogP contribution in [0.3, 0.4) is 0 Å². The summed E-state index contributed by atoms with van der Waals surface area (Å²) in [4.78, 5) is 16.8. The maximum atomic E-state index is 11.5. The molecule has 1 atom stereocenters. The van der Waals surface area contributed by atoms with Gasteiger partial charge in [0.2, 0.25) is 0 Å². The van der Waals surface area contributed by atoms with E-state index in [1.54, 1.807) is 24.3 Å². The van der Waals surface area contributed by atoms with E-state index in [4.69, 9.17) is 10.6 Å². The molecule has 1 heterocycles. The van der Waals surface area contributed by atoms with Gasteiger partial charge in [0.1, 0.15) is 0 Å². The van der Waals surface area contributed by atoms with Crippen LogP contribution in [-0.4, -0.2) is 12.0 Å². The van der Waals surface area contributed by atoms with E-state index in [0.29, 0.717) is 17.8 Å². The van der Waals surface area contributed by atoms with Crippen molar-refractivity contribution in [2.24, 2.45) is 0 Å². The summed E-state index contributed by atoms with van der Waals surface area (Å²) in [6, 6.07) is 7.08. The number of carbonyl (C=O) groups is 1. The molecule has 2 N–H and O–H groups in total. The molecule has 0 aliphatic carbocycles. The van der Waals surface area contributed by atoms with Crippen molar-refractivity contribution in [3.63, 3.8) is 0 Å². The molecule has 1 aromatic carbocycles. The molecule has 1 aliphatic rings. The monoisotopic (exact) mass is 192 g/mol. The van der Waals surface area contributed by atoms with Crippen LogP contribution in [-0.2, 0) is 9.63 Å². The van der Waals surface area contributed by atoms with Gasteiger partial charge in [0.05, 0.1) is 18.2 Å². The van der Waals surface area contributed by atoms with Gasteiger partial charge in [0.15, 0.2) is 0 Å². The third-order valence-electron chi connectivity index (χ3n) is 2.08. The summed E-state index contributed by atoms with van der Waals surface area (Å²) < 4.78 is 0. The molecule has 0 aromatic heterocycles. The number of amides is 1. The summed E-state index contributed by atoms with van der Waals surface area (Å²) in [5, 5.41) is 1.31. The molecule has 1 aromatic rings. The number of anilines is 2. The molecule has 14 heavy (non-hydrogen) atoms. The summed E-state index contributed by atoms with van der Waals surface area (Å²) >= 11 is 0. The van der Waals surface area contributed by atoms with E-state index < -0.39 is 0 Å². The highest BCUT2D eigenvalue weighted by molar-refractivity contribution is 5.93. The molecule has 1 saturated heterocycles. The maximum Gasteiger partial charge on any atom is 0.253 e. The Morgan fingerprint density at radius 1 is 1.57 bits per heavy atom. The van der Waals surface area contributed by atoms with Crippen molar-refractivity contribution in [1.82, 2.24) is 0 Å². The van der Waals surface area contributed by atoms with Gasteiger partial charge in [-0.15, -0.1) is 0 Å². The number of rotatable bonds is 1. The maximum absolute atomic E-state index is 11.5. The largest absolute Gasteiger partial charge is 0.399 e. The van der Waals surface area contributed by atoms with Crippen molar-refractivity contribution < 1.29 is 9.63 Å². The number of hydroxylamine groups is 1. The molecule has 1 aliphatic heterocycles. The standard InChI is InChI=1S/C10H12N2O2/c1-7-5-10(13)12(14-7)9-4-2-3-8(11)6-9/h2-4,6-7H,5,11H2,1H3. The van der Waals surface area contributed by atoms with Crippen molar-refractivity contribution in [2.75, 3.05) is 10.8 Å². The first-order valence-corrected chi connectivity index (χ1v) is 4.52. The molecule has 2 rings (SSSR count). The van der Waals surface area contributed by atoms with Gasteiger partial charge in [-0.1, -0.05) is 6.07 Å². The molecular formula is C10H12N2O2. The average molecular weight is 192 g/mol. The van der Waals surface area contributed by atoms with Crippen LogP contribution in [0.5, 0.6) is 0 Å². The number of nitrogen functional groups attached to an aromatic ring is 1. The van der Waals surface area contributed by atoms with Crippen molar-refractivity contribution >= 4 is 17.3 Å². The molecule has 74 valence electrons. The van der Waals surface area contributed by atoms with Crippen molar-refractivity contribution in [1.29, 1.82) is 0 Å². The predicted octanol–water partition coefficient (Wildman–Crippen LogP) is 1.33. The van der Waals surface area contributed by atoms with Gasteiger partial charge in [0, 0.05) is 5.69 Å². The van der Waals surface area contributed by atoms with Gasteiger partial charge in [-0.2, -0.15) is 5.06 Å². The SMILES string of the molecule is CC1CC(=O)N(c2cccc(N)c2)O1. The van der Waals surface area contributed by atoms with Crippen LogP contribution in [0.1, 0.15) is 13.3 Å². The Morgan fingerprint density at radius 2 is 2.36 bits per heavy atom. The first-order valence-electron chi connectivity index (χ1n) is 4.52.